The zero-order valence-corrected chi connectivity index (χ0v) is 15.9. The number of halogens is 1. The van der Waals surface area contributed by atoms with Crippen molar-refractivity contribution in [3.63, 3.8) is 0 Å². The monoisotopic (exact) mass is 385 g/mol. The summed E-state index contributed by atoms with van der Waals surface area (Å²) in [6, 6.07) is 9.10. The zero-order valence-electron chi connectivity index (χ0n) is 15.1. The van der Waals surface area contributed by atoms with Gasteiger partial charge in [-0.25, -0.2) is 14.5 Å². The molecule has 140 valence electrons. The number of carbonyl (C=O) groups is 1. The van der Waals surface area contributed by atoms with Gasteiger partial charge in [-0.3, -0.25) is 10.4 Å². The van der Waals surface area contributed by atoms with Crippen LogP contribution in [0.15, 0.2) is 30.3 Å². The molecular formula is C18H20ClN7O. The number of aryl methyl sites for hydroxylation is 2. The Morgan fingerprint density at radius 2 is 2.19 bits per heavy atom. The Hall–Kier alpha value is -2.87. The molecule has 0 bridgehead atoms. The van der Waals surface area contributed by atoms with Crippen molar-refractivity contribution in [3.8, 4) is 5.69 Å². The van der Waals surface area contributed by atoms with E-state index in [0.29, 0.717) is 23.9 Å². The quantitative estimate of drug-likeness (QED) is 0.723. The van der Waals surface area contributed by atoms with Crippen LogP contribution in [0.2, 0.25) is 5.02 Å². The molecule has 0 saturated carbocycles. The summed E-state index contributed by atoms with van der Waals surface area (Å²) in [5.74, 6) is 2.22. The molecule has 3 aromatic rings. The fourth-order valence-electron chi connectivity index (χ4n) is 3.29. The number of aromatic amines is 1. The van der Waals surface area contributed by atoms with Crippen molar-refractivity contribution in [1.82, 2.24) is 29.9 Å². The molecule has 1 aliphatic rings. The number of nitrogens with one attached hydrogen (secondary N) is 2. The summed E-state index contributed by atoms with van der Waals surface area (Å²) >= 11 is 6.06. The first-order valence-electron chi connectivity index (χ1n) is 8.77. The van der Waals surface area contributed by atoms with Gasteiger partial charge in [0.25, 0.3) is 0 Å². The number of benzene rings is 1. The molecule has 0 radical (unpaired) electrons. The van der Waals surface area contributed by atoms with Crippen LogP contribution in [0, 0.1) is 13.8 Å². The number of rotatable bonds is 3. The zero-order chi connectivity index (χ0) is 19.0. The predicted molar refractivity (Wildman–Crippen MR) is 102 cm³/mol. The van der Waals surface area contributed by atoms with E-state index in [1.54, 1.807) is 9.58 Å². The van der Waals surface area contributed by atoms with Crippen LogP contribution in [0.1, 0.15) is 29.7 Å². The Kier molecular flexibility index (Phi) is 4.57. The van der Waals surface area contributed by atoms with Crippen LogP contribution >= 0.6 is 11.6 Å². The molecule has 27 heavy (non-hydrogen) atoms. The summed E-state index contributed by atoms with van der Waals surface area (Å²) in [4.78, 5) is 18.7. The van der Waals surface area contributed by atoms with E-state index in [0.717, 1.165) is 29.5 Å². The van der Waals surface area contributed by atoms with Crippen LogP contribution in [0.5, 0.6) is 0 Å². The molecule has 1 atom stereocenters. The number of amides is 2. The molecule has 8 nitrogen and oxygen atoms in total. The topological polar surface area (TPSA) is 91.7 Å². The van der Waals surface area contributed by atoms with Crippen molar-refractivity contribution < 1.29 is 4.79 Å². The van der Waals surface area contributed by atoms with Gasteiger partial charge in [0.2, 0.25) is 0 Å². The number of nitrogens with zero attached hydrogens (tertiary/aromatic N) is 5. The van der Waals surface area contributed by atoms with Crippen molar-refractivity contribution in [2.45, 2.75) is 26.2 Å². The van der Waals surface area contributed by atoms with Gasteiger partial charge in [0.05, 0.1) is 5.69 Å². The minimum absolute atomic E-state index is 0.159. The van der Waals surface area contributed by atoms with Gasteiger partial charge in [-0.2, -0.15) is 5.10 Å². The predicted octanol–water partition coefficient (Wildman–Crippen LogP) is 3.28. The standard InChI is InChI=1S/C18H20ClN7O/c1-11-8-16(24-26(11)15-5-3-4-14(19)9-15)21-18(27)25-7-6-13(10-25)17-20-12(2)22-23-17/h3-5,8-9,13H,6-7,10H2,1-2H3,(H,20,22,23)(H,21,24,27). The minimum atomic E-state index is -0.166. The SMILES string of the molecule is Cc1nc(C2CCN(C(=O)Nc3cc(C)n(-c4cccc(Cl)c4)n3)C2)n[nH]1. The fraction of sp³-hybridized carbons (Fsp3) is 0.333. The Morgan fingerprint density at radius 1 is 1.33 bits per heavy atom. The van der Waals surface area contributed by atoms with Crippen molar-refractivity contribution in [1.29, 1.82) is 0 Å². The van der Waals surface area contributed by atoms with Crippen LogP contribution in [0.25, 0.3) is 5.69 Å². The van der Waals surface area contributed by atoms with Gasteiger partial charge in [0, 0.05) is 35.8 Å². The second kappa shape index (κ2) is 7.03. The van der Waals surface area contributed by atoms with E-state index in [2.05, 4.69) is 25.6 Å². The lowest BCUT2D eigenvalue weighted by atomic mass is 10.1. The van der Waals surface area contributed by atoms with Crippen molar-refractivity contribution in [3.05, 3.63) is 52.7 Å². The van der Waals surface area contributed by atoms with E-state index in [1.807, 2.05) is 44.2 Å². The van der Waals surface area contributed by atoms with E-state index in [9.17, 15) is 4.79 Å². The highest BCUT2D eigenvalue weighted by molar-refractivity contribution is 6.30. The Bertz CT molecular complexity index is 980. The maximum Gasteiger partial charge on any atom is 0.323 e. The van der Waals surface area contributed by atoms with Gasteiger partial charge in [-0.05, 0) is 38.5 Å². The Labute approximate surface area is 161 Å². The first kappa shape index (κ1) is 17.5. The van der Waals surface area contributed by atoms with E-state index < -0.39 is 0 Å². The average Bonchev–Trinajstić information content (AvgIpc) is 3.34. The second-order valence-corrected chi connectivity index (χ2v) is 7.14. The number of hydrogen-bond acceptors (Lipinski definition) is 4. The van der Waals surface area contributed by atoms with Gasteiger partial charge in [0.15, 0.2) is 11.6 Å². The first-order valence-corrected chi connectivity index (χ1v) is 9.15. The highest BCUT2D eigenvalue weighted by atomic mass is 35.5. The molecule has 0 aliphatic carbocycles. The van der Waals surface area contributed by atoms with Crippen LogP contribution in [0.3, 0.4) is 0 Å². The summed E-state index contributed by atoms with van der Waals surface area (Å²) in [7, 11) is 0. The molecule has 1 unspecified atom stereocenters. The second-order valence-electron chi connectivity index (χ2n) is 6.70. The smallest absolute Gasteiger partial charge is 0.323 e. The lowest BCUT2D eigenvalue weighted by molar-refractivity contribution is 0.222. The third-order valence-electron chi connectivity index (χ3n) is 4.63. The van der Waals surface area contributed by atoms with Crippen molar-refractivity contribution >= 4 is 23.4 Å². The number of aromatic nitrogens is 5. The molecule has 1 fully saturated rings. The first-order chi connectivity index (χ1) is 13.0. The van der Waals surface area contributed by atoms with Crippen molar-refractivity contribution in [2.24, 2.45) is 0 Å². The van der Waals surface area contributed by atoms with Crippen LogP contribution < -0.4 is 5.32 Å². The van der Waals surface area contributed by atoms with E-state index >= 15 is 0 Å². The Balaban J connectivity index is 1.44. The molecule has 0 spiro atoms. The molecule has 2 aromatic heterocycles. The van der Waals surface area contributed by atoms with Crippen LogP contribution in [0.4, 0.5) is 10.6 Å². The summed E-state index contributed by atoms with van der Waals surface area (Å²) in [5, 5.41) is 15.1. The number of likely N-dealkylation sites (tertiary alicyclic amines) is 1. The lowest BCUT2D eigenvalue weighted by Gasteiger charge is -2.15. The van der Waals surface area contributed by atoms with Gasteiger partial charge < -0.3 is 4.90 Å². The summed E-state index contributed by atoms with van der Waals surface area (Å²) in [5.41, 5.74) is 1.75. The average molecular weight is 386 g/mol. The summed E-state index contributed by atoms with van der Waals surface area (Å²) in [6.07, 6.45) is 0.848. The summed E-state index contributed by atoms with van der Waals surface area (Å²) in [6.45, 7) is 5.06. The van der Waals surface area contributed by atoms with Gasteiger partial charge in [0.1, 0.15) is 5.82 Å². The molecule has 1 aromatic carbocycles. The maximum atomic E-state index is 12.6. The molecular weight excluding hydrogens is 366 g/mol. The molecule has 4 rings (SSSR count). The van der Waals surface area contributed by atoms with Crippen LogP contribution in [-0.4, -0.2) is 49.0 Å². The molecule has 3 heterocycles. The van der Waals surface area contributed by atoms with Gasteiger partial charge >= 0.3 is 6.03 Å². The van der Waals surface area contributed by atoms with E-state index in [-0.39, 0.29) is 11.9 Å². The van der Waals surface area contributed by atoms with Gasteiger partial charge in [-0.15, -0.1) is 5.10 Å². The van der Waals surface area contributed by atoms with Crippen molar-refractivity contribution in [2.75, 3.05) is 18.4 Å². The molecule has 9 heteroatoms. The highest BCUT2D eigenvalue weighted by Crippen LogP contribution is 2.25. The van der Waals surface area contributed by atoms with Crippen LogP contribution in [-0.2, 0) is 0 Å². The molecule has 1 aliphatic heterocycles. The maximum absolute atomic E-state index is 12.6. The third kappa shape index (κ3) is 3.66. The fourth-order valence-corrected chi connectivity index (χ4v) is 3.48. The number of anilines is 1. The Morgan fingerprint density at radius 3 is 2.93 bits per heavy atom. The number of urea groups is 1. The molecule has 1 saturated heterocycles. The van der Waals surface area contributed by atoms with E-state index in [1.165, 1.54) is 0 Å². The number of hydrogen-bond donors (Lipinski definition) is 2. The van der Waals surface area contributed by atoms with Gasteiger partial charge in [-0.1, -0.05) is 17.7 Å². The minimum Gasteiger partial charge on any atom is -0.324 e. The highest BCUT2D eigenvalue weighted by Gasteiger charge is 2.30. The normalized spacial score (nSPS) is 16.7. The third-order valence-corrected chi connectivity index (χ3v) is 4.87. The lowest BCUT2D eigenvalue weighted by Crippen LogP contribution is -2.33. The molecule has 2 N–H and O–H groups in total. The molecule has 2 amide bonds. The van der Waals surface area contributed by atoms with E-state index in [4.69, 9.17) is 11.6 Å². The number of carbonyl (C=O) groups excluding carboxylic acids is 1. The largest absolute Gasteiger partial charge is 0.324 e. The number of H-pyrrole nitrogens is 1. The summed E-state index contributed by atoms with van der Waals surface area (Å²) < 4.78 is 1.75.